The van der Waals surface area contributed by atoms with Crippen LogP contribution in [-0.2, 0) is 4.79 Å². The summed E-state index contributed by atoms with van der Waals surface area (Å²) >= 11 is 0. The van der Waals surface area contributed by atoms with Crippen LogP contribution in [0, 0.1) is 17.3 Å². The molecule has 1 saturated heterocycles. The Balaban J connectivity index is 2.12. The molecule has 1 fully saturated rings. The van der Waals surface area contributed by atoms with Crippen molar-refractivity contribution < 1.29 is 4.79 Å². The first-order valence-corrected chi connectivity index (χ1v) is 12.1. The van der Waals surface area contributed by atoms with Crippen molar-refractivity contribution in [2.75, 3.05) is 13.1 Å². The third-order valence-corrected chi connectivity index (χ3v) is 7.13. The molecule has 2 N–H and O–H groups in total. The Bertz CT molecular complexity index is 753. The lowest BCUT2D eigenvalue weighted by atomic mass is 9.85. The van der Waals surface area contributed by atoms with Crippen molar-refractivity contribution in [2.24, 2.45) is 23.0 Å². The van der Waals surface area contributed by atoms with Crippen LogP contribution in [0.4, 0.5) is 0 Å². The van der Waals surface area contributed by atoms with Gasteiger partial charge in [0.15, 0.2) is 5.78 Å². The fraction of sp³-hybridized carbons (Fsp3) is 0.607. The molecule has 0 aromatic carbocycles. The van der Waals surface area contributed by atoms with Crippen LogP contribution in [0.5, 0.6) is 0 Å². The molecule has 3 heteroatoms. The largest absolute Gasteiger partial charge is 0.402 e. The summed E-state index contributed by atoms with van der Waals surface area (Å²) in [5.41, 5.74) is 10.2. The summed E-state index contributed by atoms with van der Waals surface area (Å²) < 4.78 is 0. The lowest BCUT2D eigenvalue weighted by Gasteiger charge is -2.26. The summed E-state index contributed by atoms with van der Waals surface area (Å²) in [6.07, 6.45) is 16.4. The van der Waals surface area contributed by atoms with Gasteiger partial charge in [-0.05, 0) is 74.9 Å². The van der Waals surface area contributed by atoms with Crippen molar-refractivity contribution in [2.45, 2.75) is 79.1 Å². The molecule has 0 radical (unpaired) electrons. The first-order valence-electron chi connectivity index (χ1n) is 12.1. The number of rotatable bonds is 8. The number of likely N-dealkylation sites (tertiary alicyclic amines) is 1. The van der Waals surface area contributed by atoms with Gasteiger partial charge in [-0.15, -0.1) is 0 Å². The minimum atomic E-state index is 0.219. The van der Waals surface area contributed by atoms with E-state index in [9.17, 15) is 4.79 Å². The topological polar surface area (TPSA) is 46.3 Å². The third kappa shape index (κ3) is 7.55. The van der Waals surface area contributed by atoms with Crippen LogP contribution in [0.1, 0.15) is 79.1 Å². The maximum absolute atomic E-state index is 13.2. The van der Waals surface area contributed by atoms with E-state index in [1.54, 1.807) is 6.08 Å². The smallest absolute Gasteiger partial charge is 0.163 e. The van der Waals surface area contributed by atoms with E-state index in [0.29, 0.717) is 17.8 Å². The highest BCUT2D eigenvalue weighted by molar-refractivity contribution is 5.99. The van der Waals surface area contributed by atoms with E-state index in [4.69, 9.17) is 5.73 Å². The predicted octanol–water partition coefficient (Wildman–Crippen LogP) is 6.70. The maximum Gasteiger partial charge on any atom is 0.163 e. The predicted molar refractivity (Wildman–Crippen MR) is 133 cm³/mol. The van der Waals surface area contributed by atoms with Gasteiger partial charge in [-0.2, -0.15) is 0 Å². The molecule has 1 heterocycles. The molecule has 3 nitrogen and oxygen atoms in total. The quantitative estimate of drug-likeness (QED) is 0.268. The van der Waals surface area contributed by atoms with Crippen LogP contribution in [0.25, 0.3) is 0 Å². The van der Waals surface area contributed by atoms with E-state index in [0.717, 1.165) is 55.6 Å². The Hall–Kier alpha value is -2.03. The molecule has 2 atom stereocenters. The van der Waals surface area contributed by atoms with E-state index in [2.05, 4.69) is 64.0 Å². The van der Waals surface area contributed by atoms with Crippen LogP contribution in [0.2, 0.25) is 0 Å². The van der Waals surface area contributed by atoms with Crippen LogP contribution in [-0.4, -0.2) is 23.8 Å². The molecule has 0 amide bonds. The number of hydrogen-bond donors (Lipinski definition) is 1. The standard InChI is InChI=1S/C28H44N2O/c1-7-24(19-21(3)30-17-10-15-28(5,6)16-18-30)26(8-2)27(31)20-23-11-9-12-25(14-13-23)22(4)29/h8-9,12,19,23,25H,2,4,7,10-11,13-18,20,29H2,1,3,5-6H3/b21-19+,26-24+. The molecule has 2 aliphatic rings. The van der Waals surface area contributed by atoms with E-state index >= 15 is 0 Å². The van der Waals surface area contributed by atoms with E-state index in [-0.39, 0.29) is 11.7 Å². The first-order chi connectivity index (χ1) is 14.7. The Morgan fingerprint density at radius 3 is 2.65 bits per heavy atom. The molecule has 1 aliphatic carbocycles. The van der Waals surface area contributed by atoms with Crippen molar-refractivity contribution in [3.8, 4) is 0 Å². The third-order valence-electron chi connectivity index (χ3n) is 7.13. The van der Waals surface area contributed by atoms with Gasteiger partial charge in [-0.25, -0.2) is 0 Å². The lowest BCUT2D eigenvalue weighted by molar-refractivity contribution is -0.116. The summed E-state index contributed by atoms with van der Waals surface area (Å²) in [5, 5.41) is 0. The van der Waals surface area contributed by atoms with Crippen molar-refractivity contribution >= 4 is 5.78 Å². The van der Waals surface area contributed by atoms with Crippen molar-refractivity contribution in [3.63, 3.8) is 0 Å². The molecule has 1 aliphatic heterocycles. The second-order valence-electron chi connectivity index (χ2n) is 10.2. The van der Waals surface area contributed by atoms with Gasteiger partial charge in [-0.3, -0.25) is 4.79 Å². The average molecular weight is 425 g/mol. The highest BCUT2D eigenvalue weighted by Gasteiger charge is 2.24. The van der Waals surface area contributed by atoms with Gasteiger partial charge < -0.3 is 10.6 Å². The molecule has 2 unspecified atom stereocenters. The molecule has 0 aromatic rings. The zero-order chi connectivity index (χ0) is 23.0. The Kier molecular flexibility index (Phi) is 9.40. The number of ketones is 1. The fourth-order valence-electron chi connectivity index (χ4n) is 4.84. The Morgan fingerprint density at radius 2 is 2.00 bits per heavy atom. The van der Waals surface area contributed by atoms with Gasteiger partial charge in [0.1, 0.15) is 0 Å². The number of nitrogens with two attached hydrogens (primary N) is 1. The highest BCUT2D eigenvalue weighted by Crippen LogP contribution is 2.32. The number of nitrogens with zero attached hydrogens (tertiary/aromatic N) is 1. The van der Waals surface area contributed by atoms with E-state index < -0.39 is 0 Å². The second kappa shape index (κ2) is 11.5. The first kappa shape index (κ1) is 25.2. The van der Waals surface area contributed by atoms with Gasteiger partial charge in [0.25, 0.3) is 0 Å². The minimum absolute atomic E-state index is 0.219. The van der Waals surface area contributed by atoms with Crippen LogP contribution in [0.3, 0.4) is 0 Å². The Labute approximate surface area is 190 Å². The summed E-state index contributed by atoms with van der Waals surface area (Å²) in [6.45, 7) is 19.1. The molecule has 0 aromatic heterocycles. The zero-order valence-electron chi connectivity index (χ0n) is 20.4. The van der Waals surface area contributed by atoms with Gasteiger partial charge in [0.2, 0.25) is 0 Å². The van der Waals surface area contributed by atoms with Gasteiger partial charge in [-0.1, -0.05) is 52.2 Å². The lowest BCUT2D eigenvalue weighted by Crippen LogP contribution is -2.24. The van der Waals surface area contributed by atoms with Crippen LogP contribution in [0.15, 0.2) is 60.0 Å². The SMILES string of the molecule is C=C/C(C(=O)CC1CC=CC(C(=C)N)CC1)=C(\C=C(/C)N1CCCC(C)(C)CC1)CC. The minimum Gasteiger partial charge on any atom is -0.402 e. The van der Waals surface area contributed by atoms with Crippen molar-refractivity contribution in [3.05, 3.63) is 60.0 Å². The molecular formula is C28H44N2O. The molecule has 172 valence electrons. The molecule has 0 spiro atoms. The number of allylic oxidation sites excluding steroid dienone is 7. The number of Topliss-reactive ketones (excluding diaryl/α,β-unsaturated/α-hetero) is 1. The number of carbonyl (C=O) groups excluding carboxylic acids is 1. The average Bonchev–Trinajstić information content (AvgIpc) is 3.05. The van der Waals surface area contributed by atoms with E-state index in [1.807, 2.05) is 0 Å². The summed E-state index contributed by atoms with van der Waals surface area (Å²) in [7, 11) is 0. The number of carbonyl (C=O) groups is 1. The van der Waals surface area contributed by atoms with Gasteiger partial charge in [0, 0.05) is 42.4 Å². The second-order valence-corrected chi connectivity index (χ2v) is 10.2. The molecule has 0 bridgehead atoms. The number of hydrogen-bond acceptors (Lipinski definition) is 3. The van der Waals surface area contributed by atoms with E-state index in [1.165, 1.54) is 25.0 Å². The summed E-state index contributed by atoms with van der Waals surface area (Å²) in [4.78, 5) is 15.7. The van der Waals surface area contributed by atoms with Crippen LogP contribution >= 0.6 is 0 Å². The molecular weight excluding hydrogens is 380 g/mol. The zero-order valence-corrected chi connectivity index (χ0v) is 20.4. The maximum atomic E-state index is 13.2. The van der Waals surface area contributed by atoms with Crippen molar-refractivity contribution in [1.29, 1.82) is 0 Å². The van der Waals surface area contributed by atoms with Gasteiger partial charge >= 0.3 is 0 Å². The monoisotopic (exact) mass is 424 g/mol. The molecule has 0 saturated carbocycles. The molecule has 2 rings (SSSR count). The van der Waals surface area contributed by atoms with Crippen LogP contribution < -0.4 is 5.73 Å². The fourth-order valence-corrected chi connectivity index (χ4v) is 4.84. The summed E-state index contributed by atoms with van der Waals surface area (Å²) in [6, 6.07) is 0. The molecule has 31 heavy (non-hydrogen) atoms. The normalized spacial score (nSPS) is 25.3. The summed E-state index contributed by atoms with van der Waals surface area (Å²) in [5.74, 6) is 0.820. The van der Waals surface area contributed by atoms with Crippen molar-refractivity contribution in [1.82, 2.24) is 4.90 Å². The highest BCUT2D eigenvalue weighted by atomic mass is 16.1. The Morgan fingerprint density at radius 1 is 1.26 bits per heavy atom. The van der Waals surface area contributed by atoms with Gasteiger partial charge in [0.05, 0.1) is 0 Å².